The molecule has 1 saturated heterocycles. The molecule has 3 heteroatoms. The summed E-state index contributed by atoms with van der Waals surface area (Å²) in [5.74, 6) is 1.63. The predicted molar refractivity (Wildman–Crippen MR) is 83.5 cm³/mol. The van der Waals surface area contributed by atoms with Crippen LogP contribution in [-0.4, -0.2) is 25.3 Å². The van der Waals surface area contributed by atoms with E-state index in [1.54, 1.807) is 7.11 Å². The second-order valence-electron chi connectivity index (χ2n) is 5.76. The average Bonchev–Trinajstić information content (AvgIpc) is 2.71. The molecule has 0 amide bonds. The van der Waals surface area contributed by atoms with Crippen LogP contribution in [0.5, 0.6) is 5.75 Å². The third-order valence-electron chi connectivity index (χ3n) is 4.45. The molecular formula is C17H27NO2. The molecule has 0 radical (unpaired) electrons. The van der Waals surface area contributed by atoms with Gasteiger partial charge in [0.2, 0.25) is 0 Å². The molecule has 0 saturated carbocycles. The van der Waals surface area contributed by atoms with Gasteiger partial charge < -0.3 is 14.7 Å². The van der Waals surface area contributed by atoms with Gasteiger partial charge in [-0.05, 0) is 44.2 Å². The molecule has 0 spiro atoms. The maximum absolute atomic E-state index is 10.1. The van der Waals surface area contributed by atoms with Gasteiger partial charge >= 0.3 is 0 Å². The van der Waals surface area contributed by atoms with E-state index in [9.17, 15) is 5.11 Å². The zero-order valence-corrected chi connectivity index (χ0v) is 12.9. The van der Waals surface area contributed by atoms with Crippen LogP contribution in [0.1, 0.15) is 51.2 Å². The van der Waals surface area contributed by atoms with Gasteiger partial charge in [0.1, 0.15) is 5.75 Å². The number of benzene rings is 1. The number of hydrogen-bond acceptors (Lipinski definition) is 3. The van der Waals surface area contributed by atoms with Gasteiger partial charge in [0, 0.05) is 24.3 Å². The van der Waals surface area contributed by atoms with E-state index >= 15 is 0 Å². The van der Waals surface area contributed by atoms with Crippen molar-refractivity contribution in [3.05, 3.63) is 23.8 Å². The summed E-state index contributed by atoms with van der Waals surface area (Å²) >= 11 is 0. The van der Waals surface area contributed by atoms with Crippen molar-refractivity contribution in [2.24, 2.45) is 5.92 Å². The molecule has 1 aliphatic rings. The Balaban J connectivity index is 2.27. The van der Waals surface area contributed by atoms with Gasteiger partial charge in [-0.25, -0.2) is 0 Å². The highest BCUT2D eigenvalue weighted by molar-refractivity contribution is 5.60. The topological polar surface area (TPSA) is 32.7 Å². The molecule has 112 valence electrons. The fourth-order valence-corrected chi connectivity index (χ4v) is 3.22. The molecular weight excluding hydrogens is 250 g/mol. The summed E-state index contributed by atoms with van der Waals surface area (Å²) in [6, 6.07) is 6.05. The Kier molecular flexibility index (Phi) is 5.30. The van der Waals surface area contributed by atoms with Crippen LogP contribution < -0.4 is 9.64 Å². The van der Waals surface area contributed by atoms with Crippen molar-refractivity contribution in [3.8, 4) is 5.75 Å². The molecule has 3 nitrogen and oxygen atoms in total. The second-order valence-corrected chi connectivity index (χ2v) is 5.76. The lowest BCUT2D eigenvalue weighted by Gasteiger charge is -2.27. The summed E-state index contributed by atoms with van der Waals surface area (Å²) in [6.07, 6.45) is 4.56. The van der Waals surface area contributed by atoms with E-state index in [0.717, 1.165) is 36.0 Å². The number of nitrogens with zero attached hydrogens (tertiary/aromatic N) is 1. The van der Waals surface area contributed by atoms with Gasteiger partial charge in [0.05, 0.1) is 13.2 Å². The van der Waals surface area contributed by atoms with E-state index in [4.69, 9.17) is 4.74 Å². The Morgan fingerprint density at radius 2 is 2.15 bits per heavy atom. The zero-order valence-electron chi connectivity index (χ0n) is 12.9. The minimum atomic E-state index is -0.508. The summed E-state index contributed by atoms with van der Waals surface area (Å²) in [5.41, 5.74) is 2.06. The molecule has 2 rings (SSSR count). The lowest BCUT2D eigenvalue weighted by molar-refractivity contribution is 0.194. The third-order valence-corrected chi connectivity index (χ3v) is 4.45. The van der Waals surface area contributed by atoms with E-state index in [1.807, 2.05) is 19.1 Å². The van der Waals surface area contributed by atoms with Gasteiger partial charge in [-0.3, -0.25) is 0 Å². The van der Waals surface area contributed by atoms with Gasteiger partial charge in [-0.2, -0.15) is 0 Å². The standard InChI is InChI=1S/C17H27NO2/c1-4-14-7-6-11-18(12-10-14)15-8-5-9-16(20-3)17(15)13(2)19/h5,8-9,13-14,19H,4,6-7,10-12H2,1-3H3. The number of aliphatic hydroxyl groups excluding tert-OH is 1. The number of methoxy groups -OCH3 is 1. The highest BCUT2D eigenvalue weighted by Gasteiger charge is 2.21. The van der Waals surface area contributed by atoms with Crippen LogP contribution in [-0.2, 0) is 0 Å². The van der Waals surface area contributed by atoms with Crippen LogP contribution in [0, 0.1) is 5.92 Å². The first-order chi connectivity index (χ1) is 9.67. The molecule has 0 bridgehead atoms. The van der Waals surface area contributed by atoms with Crippen LogP contribution in [0.15, 0.2) is 18.2 Å². The molecule has 1 aliphatic heterocycles. The average molecular weight is 277 g/mol. The molecule has 1 aromatic carbocycles. The minimum absolute atomic E-state index is 0.508. The highest BCUT2D eigenvalue weighted by atomic mass is 16.5. The predicted octanol–water partition coefficient (Wildman–Crippen LogP) is 3.77. The first-order valence-corrected chi connectivity index (χ1v) is 7.77. The summed E-state index contributed by atoms with van der Waals surface area (Å²) in [5, 5.41) is 10.1. The van der Waals surface area contributed by atoms with Crippen molar-refractivity contribution in [1.29, 1.82) is 0 Å². The number of hydrogen-bond donors (Lipinski definition) is 1. The first-order valence-electron chi connectivity index (χ1n) is 7.77. The number of anilines is 1. The van der Waals surface area contributed by atoms with Gasteiger partial charge in [-0.15, -0.1) is 0 Å². The third kappa shape index (κ3) is 3.26. The molecule has 20 heavy (non-hydrogen) atoms. The van der Waals surface area contributed by atoms with Crippen LogP contribution in [0.4, 0.5) is 5.69 Å². The maximum atomic E-state index is 10.1. The van der Waals surface area contributed by atoms with Crippen LogP contribution >= 0.6 is 0 Å². The van der Waals surface area contributed by atoms with Crippen molar-refractivity contribution in [2.75, 3.05) is 25.1 Å². The molecule has 1 fully saturated rings. The van der Waals surface area contributed by atoms with Crippen molar-refractivity contribution >= 4 is 5.69 Å². The molecule has 2 atom stereocenters. The fraction of sp³-hybridized carbons (Fsp3) is 0.647. The second kappa shape index (κ2) is 6.98. The Labute approximate surface area is 122 Å². The summed E-state index contributed by atoms with van der Waals surface area (Å²) in [6.45, 7) is 6.25. The van der Waals surface area contributed by atoms with Gasteiger partial charge in [0.15, 0.2) is 0 Å². The van der Waals surface area contributed by atoms with Crippen molar-refractivity contribution < 1.29 is 9.84 Å². The van der Waals surface area contributed by atoms with Gasteiger partial charge in [0.25, 0.3) is 0 Å². The lowest BCUT2D eigenvalue weighted by atomic mass is 9.98. The Bertz CT molecular complexity index is 431. The fourth-order valence-electron chi connectivity index (χ4n) is 3.22. The molecule has 1 aromatic rings. The van der Waals surface area contributed by atoms with E-state index in [0.29, 0.717) is 0 Å². The summed E-state index contributed by atoms with van der Waals surface area (Å²) in [4.78, 5) is 2.42. The Hall–Kier alpha value is -1.22. The van der Waals surface area contributed by atoms with Gasteiger partial charge in [-0.1, -0.05) is 19.4 Å². The Morgan fingerprint density at radius 3 is 2.80 bits per heavy atom. The Morgan fingerprint density at radius 1 is 1.35 bits per heavy atom. The number of rotatable bonds is 4. The quantitative estimate of drug-likeness (QED) is 0.909. The molecule has 1 heterocycles. The number of ether oxygens (including phenoxy) is 1. The van der Waals surface area contributed by atoms with E-state index < -0.39 is 6.10 Å². The largest absolute Gasteiger partial charge is 0.496 e. The molecule has 0 aromatic heterocycles. The molecule has 2 unspecified atom stereocenters. The first kappa shape index (κ1) is 15.2. The monoisotopic (exact) mass is 277 g/mol. The van der Waals surface area contributed by atoms with Crippen LogP contribution in [0.2, 0.25) is 0 Å². The zero-order chi connectivity index (χ0) is 14.5. The minimum Gasteiger partial charge on any atom is -0.496 e. The lowest BCUT2D eigenvalue weighted by Crippen LogP contribution is -2.26. The molecule has 0 aliphatic carbocycles. The van der Waals surface area contributed by atoms with Crippen molar-refractivity contribution in [1.82, 2.24) is 0 Å². The smallest absolute Gasteiger partial charge is 0.126 e. The van der Waals surface area contributed by atoms with E-state index in [1.165, 1.54) is 25.7 Å². The summed E-state index contributed by atoms with van der Waals surface area (Å²) < 4.78 is 5.42. The number of aliphatic hydroxyl groups is 1. The maximum Gasteiger partial charge on any atom is 0.126 e. The van der Waals surface area contributed by atoms with Crippen LogP contribution in [0.25, 0.3) is 0 Å². The van der Waals surface area contributed by atoms with Crippen LogP contribution in [0.3, 0.4) is 0 Å². The van der Waals surface area contributed by atoms with Crippen molar-refractivity contribution in [3.63, 3.8) is 0 Å². The normalized spacial score (nSPS) is 21.4. The highest BCUT2D eigenvalue weighted by Crippen LogP contribution is 2.36. The van der Waals surface area contributed by atoms with Crippen molar-refractivity contribution in [2.45, 2.75) is 45.6 Å². The molecule has 1 N–H and O–H groups in total. The van der Waals surface area contributed by atoms with E-state index in [2.05, 4.69) is 17.9 Å². The van der Waals surface area contributed by atoms with E-state index in [-0.39, 0.29) is 0 Å². The summed E-state index contributed by atoms with van der Waals surface area (Å²) in [7, 11) is 1.67. The SMILES string of the molecule is CCC1CCCN(c2cccc(OC)c2C(C)O)CC1.